The third-order valence-electron chi connectivity index (χ3n) is 4.71. The molecule has 4 rings (SSSR count). The number of carbonyl (C=O) groups is 1. The molecule has 0 amide bonds. The van der Waals surface area contributed by atoms with Crippen LogP contribution < -0.4 is 4.90 Å². The largest absolute Gasteiger partial charge is 0.462 e. The minimum absolute atomic E-state index is 0.299. The molecule has 0 aliphatic carbocycles. The van der Waals surface area contributed by atoms with Crippen LogP contribution in [0.25, 0.3) is 5.65 Å². The van der Waals surface area contributed by atoms with E-state index >= 15 is 0 Å². The number of fused-ring (bicyclic) bond motifs is 1. The maximum Gasteiger partial charge on any atom is 0.339 e. The van der Waals surface area contributed by atoms with Crippen LogP contribution in [0.2, 0.25) is 0 Å². The zero-order valence-electron chi connectivity index (χ0n) is 14.7. The molecule has 0 aromatic carbocycles. The Labute approximate surface area is 151 Å². The summed E-state index contributed by atoms with van der Waals surface area (Å²) in [5.41, 5.74) is 1.35. The smallest absolute Gasteiger partial charge is 0.339 e. The van der Waals surface area contributed by atoms with Gasteiger partial charge in [0.05, 0.1) is 12.2 Å². The number of hydrogen-bond donors (Lipinski definition) is 0. The first-order valence-corrected chi connectivity index (χ1v) is 8.94. The van der Waals surface area contributed by atoms with Gasteiger partial charge in [-0.15, -0.1) is 10.2 Å². The first-order valence-electron chi connectivity index (χ1n) is 8.94. The normalized spacial score (nSPS) is 17.4. The van der Waals surface area contributed by atoms with E-state index in [1.54, 1.807) is 19.2 Å². The number of hydrogen-bond acceptors (Lipinski definition) is 6. The molecule has 3 aromatic rings. The molecule has 0 unspecified atom stereocenters. The van der Waals surface area contributed by atoms with Crippen molar-refractivity contribution in [2.24, 2.45) is 0 Å². The lowest BCUT2D eigenvalue weighted by molar-refractivity contribution is 0.0526. The molecule has 134 valence electrons. The van der Waals surface area contributed by atoms with Crippen molar-refractivity contribution in [3.63, 3.8) is 0 Å². The van der Waals surface area contributed by atoms with Gasteiger partial charge in [-0.2, -0.15) is 0 Å². The minimum atomic E-state index is -0.335. The predicted octanol–water partition coefficient (Wildman–Crippen LogP) is 2.69. The summed E-state index contributed by atoms with van der Waals surface area (Å²) in [6, 6.07) is 9.59. The molecule has 1 atom stereocenters. The second-order valence-electron chi connectivity index (χ2n) is 6.40. The molecular formula is C19H21N5O2. The van der Waals surface area contributed by atoms with Crippen LogP contribution in [-0.4, -0.2) is 45.2 Å². The van der Waals surface area contributed by atoms with Crippen molar-refractivity contribution in [2.45, 2.75) is 25.7 Å². The molecule has 0 spiro atoms. The summed E-state index contributed by atoms with van der Waals surface area (Å²) in [6.07, 6.45) is 5.74. The molecule has 3 aromatic heterocycles. The number of carbonyl (C=O) groups excluding carboxylic acids is 1. The molecule has 1 fully saturated rings. The van der Waals surface area contributed by atoms with Gasteiger partial charge in [-0.1, -0.05) is 6.07 Å². The Balaban J connectivity index is 1.52. The first-order chi connectivity index (χ1) is 12.8. The van der Waals surface area contributed by atoms with Gasteiger partial charge in [0.2, 0.25) is 0 Å². The number of rotatable bonds is 4. The van der Waals surface area contributed by atoms with Gasteiger partial charge in [-0.05, 0) is 44.0 Å². The molecule has 7 heteroatoms. The third kappa shape index (κ3) is 3.12. The number of piperidine rings is 1. The molecule has 0 saturated carbocycles. The van der Waals surface area contributed by atoms with Crippen LogP contribution in [0.3, 0.4) is 0 Å². The Morgan fingerprint density at radius 2 is 2.19 bits per heavy atom. The fraction of sp³-hybridized carbons (Fsp3) is 0.368. The van der Waals surface area contributed by atoms with Gasteiger partial charge in [0.15, 0.2) is 5.65 Å². The topological polar surface area (TPSA) is 72.6 Å². The summed E-state index contributed by atoms with van der Waals surface area (Å²) in [5, 5.41) is 8.68. The average Bonchev–Trinajstić information content (AvgIpc) is 3.13. The predicted molar refractivity (Wildman–Crippen MR) is 97.4 cm³/mol. The van der Waals surface area contributed by atoms with E-state index in [9.17, 15) is 4.79 Å². The lowest BCUT2D eigenvalue weighted by Crippen LogP contribution is -2.35. The molecular weight excluding hydrogens is 330 g/mol. The number of anilines is 1. The van der Waals surface area contributed by atoms with Crippen LogP contribution in [0.1, 0.15) is 41.9 Å². The van der Waals surface area contributed by atoms with E-state index in [2.05, 4.69) is 24.5 Å². The van der Waals surface area contributed by atoms with Crippen LogP contribution in [0, 0.1) is 0 Å². The molecule has 1 aliphatic heterocycles. The van der Waals surface area contributed by atoms with E-state index in [1.807, 2.05) is 30.5 Å². The van der Waals surface area contributed by atoms with Crippen molar-refractivity contribution in [3.05, 3.63) is 54.1 Å². The zero-order chi connectivity index (χ0) is 17.9. The summed E-state index contributed by atoms with van der Waals surface area (Å²) in [5.74, 6) is 1.83. The molecule has 0 bridgehead atoms. The Bertz CT molecular complexity index is 906. The second kappa shape index (κ2) is 7.11. The summed E-state index contributed by atoms with van der Waals surface area (Å²) < 4.78 is 7.07. The van der Waals surface area contributed by atoms with Crippen LogP contribution >= 0.6 is 0 Å². The van der Waals surface area contributed by atoms with E-state index in [4.69, 9.17) is 4.74 Å². The van der Waals surface area contributed by atoms with Gasteiger partial charge in [0, 0.05) is 31.4 Å². The Kier molecular flexibility index (Phi) is 4.51. The Morgan fingerprint density at radius 1 is 1.27 bits per heavy atom. The zero-order valence-corrected chi connectivity index (χ0v) is 14.7. The SMILES string of the molecule is CCOC(=O)c1ccc(N2CCC[C@@H](c3nnc4ccccn34)C2)nc1. The van der Waals surface area contributed by atoms with Crippen LogP contribution in [0.15, 0.2) is 42.7 Å². The maximum absolute atomic E-state index is 11.8. The Hall–Kier alpha value is -2.96. The minimum Gasteiger partial charge on any atom is -0.462 e. The molecule has 26 heavy (non-hydrogen) atoms. The number of aromatic nitrogens is 4. The fourth-order valence-corrected chi connectivity index (χ4v) is 3.44. The van der Waals surface area contributed by atoms with E-state index in [0.717, 1.165) is 43.2 Å². The van der Waals surface area contributed by atoms with Crippen LogP contribution in [0.5, 0.6) is 0 Å². The monoisotopic (exact) mass is 351 g/mol. The lowest BCUT2D eigenvalue weighted by atomic mass is 9.97. The van der Waals surface area contributed by atoms with Crippen LogP contribution in [-0.2, 0) is 4.74 Å². The number of esters is 1. The lowest BCUT2D eigenvalue weighted by Gasteiger charge is -2.32. The van der Waals surface area contributed by atoms with Gasteiger partial charge in [-0.25, -0.2) is 9.78 Å². The van der Waals surface area contributed by atoms with Crippen molar-refractivity contribution in [3.8, 4) is 0 Å². The average molecular weight is 351 g/mol. The van der Waals surface area contributed by atoms with E-state index in [0.29, 0.717) is 18.1 Å². The fourth-order valence-electron chi connectivity index (χ4n) is 3.44. The molecule has 4 heterocycles. The highest BCUT2D eigenvalue weighted by atomic mass is 16.5. The van der Waals surface area contributed by atoms with Gasteiger partial charge in [-0.3, -0.25) is 4.40 Å². The highest BCUT2D eigenvalue weighted by molar-refractivity contribution is 5.89. The number of pyridine rings is 2. The standard InChI is InChI=1S/C19H21N5O2/c1-2-26-19(25)14-8-9-16(20-12-14)23-10-5-6-15(13-23)18-22-21-17-7-3-4-11-24(17)18/h3-4,7-9,11-12,15H,2,5-6,10,13H2,1H3/t15-/m1/s1. The summed E-state index contributed by atoms with van der Waals surface area (Å²) >= 11 is 0. The second-order valence-corrected chi connectivity index (χ2v) is 6.40. The quantitative estimate of drug-likeness (QED) is 0.673. The van der Waals surface area contributed by atoms with E-state index < -0.39 is 0 Å². The summed E-state index contributed by atoms with van der Waals surface area (Å²) in [6.45, 7) is 3.93. The van der Waals surface area contributed by atoms with E-state index in [1.165, 1.54) is 0 Å². The third-order valence-corrected chi connectivity index (χ3v) is 4.71. The van der Waals surface area contributed by atoms with Gasteiger partial charge in [0.1, 0.15) is 11.6 Å². The van der Waals surface area contributed by atoms with Crippen molar-refractivity contribution in [1.29, 1.82) is 0 Å². The van der Waals surface area contributed by atoms with E-state index in [-0.39, 0.29) is 5.97 Å². The van der Waals surface area contributed by atoms with Gasteiger partial charge < -0.3 is 9.64 Å². The van der Waals surface area contributed by atoms with Crippen molar-refractivity contribution in [2.75, 3.05) is 24.6 Å². The molecule has 0 N–H and O–H groups in total. The van der Waals surface area contributed by atoms with Crippen molar-refractivity contribution >= 4 is 17.4 Å². The van der Waals surface area contributed by atoms with Crippen molar-refractivity contribution < 1.29 is 9.53 Å². The number of nitrogens with zero attached hydrogens (tertiary/aromatic N) is 5. The molecule has 7 nitrogen and oxygen atoms in total. The van der Waals surface area contributed by atoms with Crippen molar-refractivity contribution in [1.82, 2.24) is 19.6 Å². The first kappa shape index (κ1) is 16.5. The van der Waals surface area contributed by atoms with Gasteiger partial charge in [0.25, 0.3) is 0 Å². The highest BCUT2D eigenvalue weighted by Gasteiger charge is 2.26. The molecule has 1 aliphatic rings. The van der Waals surface area contributed by atoms with Gasteiger partial charge >= 0.3 is 5.97 Å². The summed E-state index contributed by atoms with van der Waals surface area (Å²) in [4.78, 5) is 18.5. The highest BCUT2D eigenvalue weighted by Crippen LogP contribution is 2.28. The number of ether oxygens (including phenoxy) is 1. The molecule has 1 saturated heterocycles. The Morgan fingerprint density at radius 3 is 3.00 bits per heavy atom. The molecule has 0 radical (unpaired) electrons. The summed E-state index contributed by atoms with van der Waals surface area (Å²) in [7, 11) is 0. The van der Waals surface area contributed by atoms with Crippen LogP contribution in [0.4, 0.5) is 5.82 Å². The maximum atomic E-state index is 11.8.